The van der Waals surface area contributed by atoms with Crippen molar-refractivity contribution in [3.8, 4) is 5.75 Å². The van der Waals surface area contributed by atoms with Crippen LogP contribution in [-0.2, 0) is 24.4 Å². The maximum atomic E-state index is 13.2. The number of aromatic nitrogens is 4. The monoisotopic (exact) mass is 573 g/mol. The van der Waals surface area contributed by atoms with E-state index in [1.165, 1.54) is 0 Å². The summed E-state index contributed by atoms with van der Waals surface area (Å²) in [4.78, 5) is 35.7. The van der Waals surface area contributed by atoms with E-state index >= 15 is 0 Å². The molecule has 15 heteroatoms. The van der Waals surface area contributed by atoms with Crippen molar-refractivity contribution < 1.29 is 31.3 Å². The highest BCUT2D eigenvalue weighted by Gasteiger charge is 2.29. The number of nitrogens with two attached hydrogens (primary N) is 2. The maximum Gasteiger partial charge on any atom is 0.277 e. The fourth-order valence-corrected chi connectivity index (χ4v) is 4.35. The van der Waals surface area contributed by atoms with Gasteiger partial charge in [-0.05, 0) is 19.1 Å². The Labute approximate surface area is 231 Å². The molecule has 37 heavy (non-hydrogen) atoms. The van der Waals surface area contributed by atoms with E-state index < -0.39 is 5.91 Å². The van der Waals surface area contributed by atoms with Crippen molar-refractivity contribution in [1.82, 2.24) is 30.1 Å². The van der Waals surface area contributed by atoms with Gasteiger partial charge in [0.2, 0.25) is 0 Å². The van der Waals surface area contributed by atoms with E-state index in [-0.39, 0.29) is 66.3 Å². The number of benzene rings is 1. The van der Waals surface area contributed by atoms with Crippen LogP contribution in [0.3, 0.4) is 0 Å². The number of carbonyl (C=O) groups excluding carboxylic acids is 2. The first-order valence-electron chi connectivity index (χ1n) is 11.3. The van der Waals surface area contributed by atoms with E-state index in [2.05, 4.69) is 20.6 Å². The minimum absolute atomic E-state index is 0. The van der Waals surface area contributed by atoms with Crippen molar-refractivity contribution >= 4 is 58.5 Å². The van der Waals surface area contributed by atoms with Gasteiger partial charge in [-0.1, -0.05) is 11.6 Å². The quantitative estimate of drug-likeness (QED) is 0.223. The minimum Gasteiger partial charge on any atom is -1.00 e. The number of nitrogens with one attached hydrogen (secondary N) is 2. The predicted octanol–water partition coefficient (Wildman–Crippen LogP) is -2.65. The van der Waals surface area contributed by atoms with Crippen LogP contribution < -0.4 is 43.8 Å². The number of rotatable bonds is 7. The van der Waals surface area contributed by atoms with Gasteiger partial charge >= 0.3 is 0 Å². The molecule has 0 aliphatic carbocycles. The summed E-state index contributed by atoms with van der Waals surface area (Å²) in [7, 11) is 1.60. The number of methoxy groups -OCH3 is 1. The molecule has 0 atom stereocenters. The number of hydrogen-bond acceptors (Lipinski definition) is 8. The Kier molecular flexibility index (Phi) is 10.6. The molecular weight excluding hydrogens is 545 g/mol. The second kappa shape index (κ2) is 13.0. The normalized spacial score (nSPS) is 13.0. The number of carbonyl (C=O) groups is 2. The summed E-state index contributed by atoms with van der Waals surface area (Å²) in [5, 5.41) is 5.99. The fraction of sp³-hybridized carbons (Fsp3) is 0.409. The summed E-state index contributed by atoms with van der Waals surface area (Å²) in [5.41, 5.74) is 13.1. The fourth-order valence-electron chi connectivity index (χ4n) is 4.22. The Morgan fingerprint density at radius 3 is 2.57 bits per heavy atom. The summed E-state index contributed by atoms with van der Waals surface area (Å²) in [6.07, 6.45) is 0. The van der Waals surface area contributed by atoms with Crippen molar-refractivity contribution in [3.63, 3.8) is 0 Å². The second-order valence-electron chi connectivity index (χ2n) is 8.05. The Hall–Kier alpha value is -3.06. The van der Waals surface area contributed by atoms with Crippen LogP contribution in [-0.4, -0.2) is 64.5 Å². The number of amides is 2. The molecule has 2 amide bonds. The third-order valence-electron chi connectivity index (χ3n) is 5.99. The molecule has 6 N–H and O–H groups in total. The van der Waals surface area contributed by atoms with E-state index in [1.54, 1.807) is 7.11 Å². The lowest BCUT2D eigenvalue weighted by Crippen LogP contribution is -3.00. The van der Waals surface area contributed by atoms with Crippen molar-refractivity contribution in [3.05, 3.63) is 34.9 Å². The molecule has 2 aromatic heterocycles. The van der Waals surface area contributed by atoms with Gasteiger partial charge in [0.05, 0.1) is 13.7 Å². The average molecular weight is 575 g/mol. The molecule has 1 fully saturated rings. The molecule has 12 nitrogen and oxygen atoms in total. The first-order chi connectivity index (χ1) is 16.8. The lowest BCUT2D eigenvalue weighted by atomic mass is 10.3. The van der Waals surface area contributed by atoms with Gasteiger partial charge in [-0.2, -0.15) is 0 Å². The van der Waals surface area contributed by atoms with E-state index in [9.17, 15) is 9.59 Å². The first kappa shape index (κ1) is 30.2. The zero-order valence-corrected chi connectivity index (χ0v) is 22.8. The van der Waals surface area contributed by atoms with Gasteiger partial charge in [0.25, 0.3) is 17.6 Å². The molecule has 1 aromatic carbocycles. The molecule has 3 aromatic rings. The lowest BCUT2D eigenvalue weighted by Gasteiger charge is -2.26. The SMILES string of the molecule is CCn1c(CNC(=O)c2nc(Cl)c(N)nc2N)[n+](CC(=O)N2CCNCC2)c2ccc(OC)cc21.Cl.[Cl-]. The third kappa shape index (κ3) is 6.27. The Bertz CT molecular complexity index is 1280. The number of nitrogens with zero attached hydrogens (tertiary/aromatic N) is 5. The van der Waals surface area contributed by atoms with E-state index in [0.29, 0.717) is 25.4 Å². The molecule has 0 spiro atoms. The van der Waals surface area contributed by atoms with Crippen molar-refractivity contribution in [2.24, 2.45) is 0 Å². The second-order valence-corrected chi connectivity index (χ2v) is 8.41. The zero-order chi connectivity index (χ0) is 25.1. The highest BCUT2D eigenvalue weighted by molar-refractivity contribution is 6.31. The Morgan fingerprint density at radius 1 is 1.22 bits per heavy atom. The predicted molar refractivity (Wildman–Crippen MR) is 138 cm³/mol. The molecule has 0 radical (unpaired) electrons. The van der Waals surface area contributed by atoms with E-state index in [1.807, 2.05) is 39.2 Å². The van der Waals surface area contributed by atoms with Crippen LogP contribution in [0.1, 0.15) is 23.2 Å². The van der Waals surface area contributed by atoms with Gasteiger partial charge < -0.3 is 44.1 Å². The molecule has 1 aliphatic rings. The highest BCUT2D eigenvalue weighted by Crippen LogP contribution is 2.22. The van der Waals surface area contributed by atoms with E-state index in [0.717, 1.165) is 29.9 Å². The topological polar surface area (TPSA) is 157 Å². The van der Waals surface area contributed by atoms with Gasteiger partial charge in [-0.15, -0.1) is 12.4 Å². The largest absolute Gasteiger partial charge is 1.00 e. The summed E-state index contributed by atoms with van der Waals surface area (Å²) in [6, 6.07) is 5.68. The molecule has 0 bridgehead atoms. The van der Waals surface area contributed by atoms with Crippen LogP contribution in [0.5, 0.6) is 5.75 Å². The van der Waals surface area contributed by atoms with Crippen molar-refractivity contribution in [2.45, 2.75) is 26.6 Å². The number of anilines is 2. The van der Waals surface area contributed by atoms with Gasteiger partial charge in [0.15, 0.2) is 40.1 Å². The van der Waals surface area contributed by atoms with Gasteiger partial charge in [0.1, 0.15) is 12.3 Å². The van der Waals surface area contributed by atoms with Gasteiger partial charge in [0, 0.05) is 32.2 Å². The Morgan fingerprint density at radius 2 is 1.92 bits per heavy atom. The summed E-state index contributed by atoms with van der Waals surface area (Å²) in [5.74, 6) is 0.718. The molecule has 0 unspecified atom stereocenters. The summed E-state index contributed by atoms with van der Waals surface area (Å²) in [6.45, 7) is 5.69. The molecule has 1 saturated heterocycles. The minimum atomic E-state index is -0.553. The Balaban J connectivity index is 0.00000241. The molecular formula is C22H30Cl3N9O3. The smallest absolute Gasteiger partial charge is 0.277 e. The zero-order valence-electron chi connectivity index (χ0n) is 20.5. The number of imidazole rings is 1. The summed E-state index contributed by atoms with van der Waals surface area (Å²) < 4.78 is 9.37. The number of aryl methyl sites for hydroxylation is 1. The van der Waals surface area contributed by atoms with Crippen LogP contribution in [0.25, 0.3) is 11.0 Å². The van der Waals surface area contributed by atoms with Crippen molar-refractivity contribution in [2.75, 3.05) is 44.8 Å². The van der Waals surface area contributed by atoms with Gasteiger partial charge in [-0.3, -0.25) is 9.59 Å². The first-order valence-corrected chi connectivity index (χ1v) is 11.7. The number of fused-ring (bicyclic) bond motifs is 1. The summed E-state index contributed by atoms with van der Waals surface area (Å²) >= 11 is 5.93. The standard InChI is InChI=1S/C22H28ClN9O3.2ClH/c1-3-31-15-10-13(35-2)4-5-14(15)32(12-17(33)30-8-6-26-7-9-30)16(31)11-27-22(34)18-20(24)29-21(25)19(23)28-18;;/h4-5,10,26H,3,6-9,11-12H2,1-2H3,(H4-,24,25,27,29,34);2*1H. The number of ether oxygens (including phenoxy) is 1. The molecule has 1 aliphatic heterocycles. The number of hydrogen-bond donors (Lipinski definition) is 4. The third-order valence-corrected chi connectivity index (χ3v) is 6.27. The van der Waals surface area contributed by atoms with Crippen LogP contribution in [0.15, 0.2) is 18.2 Å². The van der Waals surface area contributed by atoms with Crippen LogP contribution in [0, 0.1) is 0 Å². The number of nitrogen functional groups attached to an aromatic ring is 2. The van der Waals surface area contributed by atoms with Crippen molar-refractivity contribution in [1.29, 1.82) is 0 Å². The number of halogens is 3. The number of piperazine rings is 1. The maximum absolute atomic E-state index is 13.2. The molecule has 0 saturated carbocycles. The molecule has 4 rings (SSSR count). The van der Waals surface area contributed by atoms with Gasteiger partial charge in [-0.25, -0.2) is 19.1 Å². The van der Waals surface area contributed by atoms with Crippen LogP contribution in [0.4, 0.5) is 11.6 Å². The van der Waals surface area contributed by atoms with Crippen LogP contribution in [0.2, 0.25) is 5.15 Å². The van der Waals surface area contributed by atoms with Crippen LogP contribution >= 0.6 is 24.0 Å². The lowest BCUT2D eigenvalue weighted by molar-refractivity contribution is -0.668. The molecule has 3 heterocycles. The highest BCUT2D eigenvalue weighted by atomic mass is 35.5. The van der Waals surface area contributed by atoms with E-state index in [4.69, 9.17) is 27.8 Å². The molecule has 202 valence electrons. The average Bonchev–Trinajstić information content (AvgIpc) is 3.16.